The van der Waals surface area contributed by atoms with Gasteiger partial charge in [-0.15, -0.1) is 0 Å². The topological polar surface area (TPSA) is 0 Å². The van der Waals surface area contributed by atoms with E-state index >= 15 is 0 Å². The normalized spacial score (nSPS) is 18.3. The third kappa shape index (κ3) is 1.57. The fourth-order valence-electron chi connectivity index (χ4n) is 2.23. The third-order valence-electron chi connectivity index (χ3n) is 3.64. The summed E-state index contributed by atoms with van der Waals surface area (Å²) < 4.78 is 0. The minimum atomic E-state index is -1.10. The van der Waals surface area contributed by atoms with Gasteiger partial charge in [0.2, 0.25) is 0 Å². The van der Waals surface area contributed by atoms with E-state index in [2.05, 4.69) is 43.4 Å². The number of rotatable bonds is 2. The number of hydrogen-bond acceptors (Lipinski definition) is 0. The van der Waals surface area contributed by atoms with Crippen molar-refractivity contribution in [1.29, 1.82) is 0 Å². The average Bonchev–Trinajstić information content (AvgIpc) is 2.02. The van der Waals surface area contributed by atoms with Crippen LogP contribution in [0.2, 0.25) is 18.6 Å². The first kappa shape index (κ1) is 9.01. The average molecular weight is 190 g/mol. The van der Waals surface area contributed by atoms with E-state index in [1.54, 1.807) is 5.19 Å². The van der Waals surface area contributed by atoms with E-state index in [0.717, 1.165) is 5.54 Å². The third-order valence-corrected chi connectivity index (χ3v) is 8.08. The zero-order valence-electron chi connectivity index (χ0n) is 8.59. The fourth-order valence-corrected chi connectivity index (χ4v) is 5.61. The Morgan fingerprint density at radius 1 is 1.08 bits per heavy atom. The summed E-state index contributed by atoms with van der Waals surface area (Å²) >= 11 is 0. The molecule has 0 heterocycles. The monoisotopic (exact) mass is 190 g/mol. The lowest BCUT2D eigenvalue weighted by Gasteiger charge is -2.39. The molecule has 0 radical (unpaired) electrons. The molecular weight excluding hydrogens is 172 g/mol. The Hall–Kier alpha value is -0.563. The van der Waals surface area contributed by atoms with E-state index in [4.69, 9.17) is 0 Å². The predicted molar refractivity (Wildman–Crippen MR) is 61.2 cm³/mol. The molecule has 0 atom stereocenters. The second-order valence-electron chi connectivity index (χ2n) is 4.72. The second-order valence-corrected chi connectivity index (χ2v) is 9.55. The van der Waals surface area contributed by atoms with Crippen LogP contribution in [0.15, 0.2) is 30.3 Å². The molecule has 0 saturated heterocycles. The highest BCUT2D eigenvalue weighted by atomic mass is 28.3. The van der Waals surface area contributed by atoms with Gasteiger partial charge in [0, 0.05) is 0 Å². The van der Waals surface area contributed by atoms with Crippen molar-refractivity contribution in [3.8, 4) is 0 Å². The Labute approximate surface area is 82.0 Å². The Morgan fingerprint density at radius 2 is 1.69 bits per heavy atom. The molecule has 1 aliphatic rings. The standard InChI is InChI=1S/C12H18Si/c1-13(2,12-9-6-10-12)11-7-4-3-5-8-11/h3-5,7-8,12H,6,9-10H2,1-2H3. The Kier molecular flexibility index (Phi) is 2.29. The van der Waals surface area contributed by atoms with Crippen LogP contribution in [0.5, 0.6) is 0 Å². The number of hydrogen-bond donors (Lipinski definition) is 0. The van der Waals surface area contributed by atoms with Crippen LogP contribution in [0.25, 0.3) is 0 Å². The molecule has 0 bridgehead atoms. The van der Waals surface area contributed by atoms with Crippen molar-refractivity contribution >= 4 is 13.3 Å². The summed E-state index contributed by atoms with van der Waals surface area (Å²) in [6.07, 6.45) is 4.43. The van der Waals surface area contributed by atoms with Crippen molar-refractivity contribution in [3.05, 3.63) is 30.3 Å². The van der Waals surface area contributed by atoms with Crippen LogP contribution >= 0.6 is 0 Å². The zero-order chi connectivity index (χ0) is 9.31. The summed E-state index contributed by atoms with van der Waals surface area (Å²) in [4.78, 5) is 0. The Morgan fingerprint density at radius 3 is 2.15 bits per heavy atom. The first-order valence-electron chi connectivity index (χ1n) is 5.27. The maximum Gasteiger partial charge on any atom is 0.0836 e. The van der Waals surface area contributed by atoms with Gasteiger partial charge >= 0.3 is 0 Å². The van der Waals surface area contributed by atoms with Gasteiger partial charge in [0.05, 0.1) is 8.07 Å². The van der Waals surface area contributed by atoms with Gasteiger partial charge in [0.25, 0.3) is 0 Å². The lowest BCUT2D eigenvalue weighted by atomic mass is 10.00. The van der Waals surface area contributed by atoms with Crippen molar-refractivity contribution in [2.45, 2.75) is 37.9 Å². The molecule has 0 nitrogen and oxygen atoms in total. The van der Waals surface area contributed by atoms with Gasteiger partial charge in [-0.2, -0.15) is 0 Å². The molecule has 0 unspecified atom stereocenters. The van der Waals surface area contributed by atoms with Crippen molar-refractivity contribution in [3.63, 3.8) is 0 Å². The minimum absolute atomic E-state index is 1.05. The van der Waals surface area contributed by atoms with E-state index in [1.165, 1.54) is 19.3 Å². The molecule has 2 rings (SSSR count). The smallest absolute Gasteiger partial charge is 0.0652 e. The SMILES string of the molecule is C[Si](C)(c1ccccc1)C1CCC1. The lowest BCUT2D eigenvalue weighted by molar-refractivity contribution is 0.489. The zero-order valence-corrected chi connectivity index (χ0v) is 9.59. The highest BCUT2D eigenvalue weighted by Gasteiger charge is 2.36. The molecule has 0 amide bonds. The predicted octanol–water partition coefficient (Wildman–Crippen LogP) is 3.16. The molecule has 1 aromatic carbocycles. The largest absolute Gasteiger partial charge is 0.0836 e. The molecule has 1 aliphatic carbocycles. The van der Waals surface area contributed by atoms with Gasteiger partial charge in [0.15, 0.2) is 0 Å². The van der Waals surface area contributed by atoms with E-state index in [-0.39, 0.29) is 0 Å². The van der Waals surface area contributed by atoms with Crippen LogP contribution < -0.4 is 5.19 Å². The molecule has 1 fully saturated rings. The van der Waals surface area contributed by atoms with Gasteiger partial charge in [-0.25, -0.2) is 0 Å². The second kappa shape index (κ2) is 3.30. The molecule has 13 heavy (non-hydrogen) atoms. The van der Waals surface area contributed by atoms with Gasteiger partial charge in [0.1, 0.15) is 0 Å². The molecule has 1 aromatic rings. The fraction of sp³-hybridized carbons (Fsp3) is 0.500. The molecular formula is C12H18Si. The number of benzene rings is 1. The van der Waals surface area contributed by atoms with E-state index < -0.39 is 8.07 Å². The van der Waals surface area contributed by atoms with Crippen LogP contribution in [0.1, 0.15) is 19.3 Å². The highest BCUT2D eigenvalue weighted by molar-refractivity contribution is 6.91. The van der Waals surface area contributed by atoms with Crippen molar-refractivity contribution in [1.82, 2.24) is 0 Å². The molecule has 0 aliphatic heterocycles. The molecule has 0 N–H and O–H groups in total. The van der Waals surface area contributed by atoms with Gasteiger partial charge in [-0.05, 0) is 5.54 Å². The summed E-state index contributed by atoms with van der Waals surface area (Å²) in [7, 11) is -1.10. The maximum atomic E-state index is 2.52. The van der Waals surface area contributed by atoms with Crippen LogP contribution in [0, 0.1) is 0 Å². The summed E-state index contributed by atoms with van der Waals surface area (Å²) in [5.41, 5.74) is 1.05. The molecule has 1 saturated carbocycles. The highest BCUT2D eigenvalue weighted by Crippen LogP contribution is 2.40. The molecule has 70 valence electrons. The van der Waals surface area contributed by atoms with Crippen LogP contribution in [-0.4, -0.2) is 8.07 Å². The summed E-state index contributed by atoms with van der Waals surface area (Å²) in [6.45, 7) is 5.04. The minimum Gasteiger partial charge on any atom is -0.0652 e. The van der Waals surface area contributed by atoms with E-state index in [0.29, 0.717) is 0 Å². The van der Waals surface area contributed by atoms with Crippen molar-refractivity contribution < 1.29 is 0 Å². The quantitative estimate of drug-likeness (QED) is 0.628. The van der Waals surface area contributed by atoms with Crippen molar-refractivity contribution in [2.24, 2.45) is 0 Å². The van der Waals surface area contributed by atoms with Crippen LogP contribution in [-0.2, 0) is 0 Å². The molecule has 1 heteroatoms. The van der Waals surface area contributed by atoms with Gasteiger partial charge < -0.3 is 0 Å². The van der Waals surface area contributed by atoms with Crippen LogP contribution in [0.4, 0.5) is 0 Å². The van der Waals surface area contributed by atoms with Gasteiger partial charge in [-0.3, -0.25) is 0 Å². The first-order chi connectivity index (χ1) is 6.21. The van der Waals surface area contributed by atoms with Crippen LogP contribution in [0.3, 0.4) is 0 Å². The summed E-state index contributed by atoms with van der Waals surface area (Å²) in [6, 6.07) is 11.1. The maximum absolute atomic E-state index is 2.52. The molecule has 0 aromatic heterocycles. The van der Waals surface area contributed by atoms with Gasteiger partial charge in [-0.1, -0.05) is 67.9 Å². The summed E-state index contributed by atoms with van der Waals surface area (Å²) in [5.74, 6) is 0. The Balaban J connectivity index is 2.23. The Bertz CT molecular complexity index is 272. The van der Waals surface area contributed by atoms with Crippen molar-refractivity contribution in [2.75, 3.05) is 0 Å². The van der Waals surface area contributed by atoms with E-state index in [1.807, 2.05) is 0 Å². The lowest BCUT2D eigenvalue weighted by Crippen LogP contribution is -2.48. The first-order valence-corrected chi connectivity index (χ1v) is 8.34. The van der Waals surface area contributed by atoms with E-state index in [9.17, 15) is 0 Å². The summed E-state index contributed by atoms with van der Waals surface area (Å²) in [5, 5.41) is 1.64. The molecule has 0 spiro atoms.